The number of rotatable bonds is 21. The van der Waals surface area contributed by atoms with Crippen LogP contribution in [-0.2, 0) is 38.1 Å². The van der Waals surface area contributed by atoms with Gasteiger partial charge in [-0.25, -0.2) is 28.8 Å². The highest BCUT2D eigenvalue weighted by Crippen LogP contribution is 2.23. The third kappa shape index (κ3) is 18.3. The lowest BCUT2D eigenvalue weighted by molar-refractivity contribution is -0.122. The van der Waals surface area contributed by atoms with Gasteiger partial charge >= 0.3 is 35.8 Å². The first-order chi connectivity index (χ1) is 36.3. The van der Waals surface area contributed by atoms with Gasteiger partial charge in [0.2, 0.25) is 0 Å². The summed E-state index contributed by atoms with van der Waals surface area (Å²) in [7, 11) is 1.33. The molecule has 0 aliphatic rings. The minimum Gasteiger partial charge on any atom is -0.461 e. The Hall–Kier alpha value is -7.76. The van der Waals surface area contributed by atoms with Crippen molar-refractivity contribution in [1.82, 2.24) is 0 Å². The van der Waals surface area contributed by atoms with E-state index in [1.807, 2.05) is 41.5 Å². The van der Waals surface area contributed by atoms with E-state index in [0.717, 1.165) is 33.4 Å². The van der Waals surface area contributed by atoms with Crippen molar-refractivity contribution in [2.24, 2.45) is 5.16 Å². The van der Waals surface area contributed by atoms with E-state index >= 15 is 0 Å². The largest absolute Gasteiger partial charge is 0.461 e. The van der Waals surface area contributed by atoms with E-state index in [2.05, 4.69) is 37.0 Å². The minimum atomic E-state index is -1.47. The molecule has 0 aliphatic carbocycles. The van der Waals surface area contributed by atoms with Gasteiger partial charge in [-0.15, -0.1) is 0 Å². The maximum atomic E-state index is 13.1. The lowest BCUT2D eigenvalue weighted by Crippen LogP contribution is -2.44. The number of aryl methyl sites for hydroxylation is 6. The second kappa shape index (κ2) is 29.4. The van der Waals surface area contributed by atoms with E-state index in [1.54, 1.807) is 146 Å². The molecule has 15 nitrogen and oxygen atoms in total. The summed E-state index contributed by atoms with van der Waals surface area (Å²) in [6.07, 6.45) is -3.48. The molecule has 0 saturated heterocycles. The van der Waals surface area contributed by atoms with Crippen LogP contribution in [0.2, 0.25) is 0 Å². The fourth-order valence-electron chi connectivity index (χ4n) is 6.74. The Kier molecular flexibility index (Phi) is 22.8. The van der Waals surface area contributed by atoms with E-state index in [9.17, 15) is 33.6 Å². The van der Waals surface area contributed by atoms with E-state index in [0.29, 0.717) is 28.5 Å². The molecule has 6 aromatic carbocycles. The molecule has 6 aromatic rings. The van der Waals surface area contributed by atoms with E-state index in [-0.39, 0.29) is 24.3 Å². The number of oxime groups is 1. The van der Waals surface area contributed by atoms with Crippen molar-refractivity contribution in [3.05, 3.63) is 212 Å². The highest BCUT2D eigenvalue weighted by Gasteiger charge is 2.37. The van der Waals surface area contributed by atoms with Crippen LogP contribution in [-0.4, -0.2) is 103 Å². The van der Waals surface area contributed by atoms with Gasteiger partial charge in [-0.1, -0.05) is 143 Å². The molecule has 0 heterocycles. The third-order valence-corrected chi connectivity index (χ3v) is 12.8. The number of halogens is 2. The first-order valence-corrected chi connectivity index (χ1v) is 25.6. The van der Waals surface area contributed by atoms with Gasteiger partial charge in [-0.2, -0.15) is 0 Å². The van der Waals surface area contributed by atoms with Crippen molar-refractivity contribution >= 4 is 80.2 Å². The summed E-state index contributed by atoms with van der Waals surface area (Å²) in [6.45, 7) is 10.9. The fourth-order valence-corrected chi connectivity index (χ4v) is 7.82. The number of alkyl halides is 2. The number of aldehydes is 1. The topological polar surface area (TPSA) is 196 Å². The molecule has 396 valence electrons. The van der Waals surface area contributed by atoms with Crippen molar-refractivity contribution in [2.45, 2.75) is 75.6 Å². The van der Waals surface area contributed by atoms with Crippen LogP contribution in [0.15, 0.2) is 151 Å². The number of ether oxygens (including phenoxy) is 6. The Morgan fingerprint density at radius 3 is 0.895 bits per heavy atom. The van der Waals surface area contributed by atoms with Crippen LogP contribution in [0.25, 0.3) is 0 Å². The van der Waals surface area contributed by atoms with Crippen LogP contribution in [0.3, 0.4) is 0 Å². The Morgan fingerprint density at radius 1 is 0.395 bits per heavy atom. The van der Waals surface area contributed by atoms with Gasteiger partial charge in [0.1, 0.15) is 20.3 Å². The average molecular weight is 1160 g/mol. The zero-order valence-electron chi connectivity index (χ0n) is 42.8. The molecule has 0 aromatic heterocycles. The Labute approximate surface area is 458 Å². The van der Waals surface area contributed by atoms with Gasteiger partial charge in [0.15, 0.2) is 30.7 Å². The molecule has 0 saturated carbocycles. The number of hydrogen-bond acceptors (Lipinski definition) is 15. The molecule has 0 aliphatic heterocycles. The van der Waals surface area contributed by atoms with Gasteiger partial charge in [-0.3, -0.25) is 4.79 Å². The fraction of sp³-hybridized carbons (Fsp3) is 0.254. The maximum absolute atomic E-state index is 13.1. The second-order valence-corrected chi connectivity index (χ2v) is 19.8. The molecule has 0 spiro atoms. The van der Waals surface area contributed by atoms with Gasteiger partial charge < -0.3 is 33.3 Å². The van der Waals surface area contributed by atoms with Gasteiger partial charge in [-0.05, 0) is 114 Å². The first kappa shape index (κ1) is 59.1. The van der Waals surface area contributed by atoms with Crippen molar-refractivity contribution in [3.63, 3.8) is 0 Å². The van der Waals surface area contributed by atoms with Crippen LogP contribution in [0.5, 0.6) is 0 Å². The van der Waals surface area contributed by atoms with Crippen molar-refractivity contribution in [2.75, 3.05) is 20.3 Å². The second-order valence-electron chi connectivity index (χ2n) is 17.5. The molecule has 6 atom stereocenters. The van der Waals surface area contributed by atoms with Crippen LogP contribution < -0.4 is 0 Å². The van der Waals surface area contributed by atoms with Gasteiger partial charge in [0.05, 0.1) is 49.2 Å². The SMILES string of the molecule is CO/N=C/[C@@H](OC(=O)c1ccc(C)cc1)[C@@H](OC(=O)c1ccc(C)cc1)[C@H](Br)COC(=O)c1ccc(C)cc1.Cc1ccc(C(=O)OC[C@@H](Br)[C@H](OC(=O)c2ccc(C)cc2)[C@@H](C=O)OC(=O)c2ccc(C)cc2)cc1. The molecule has 0 unspecified atom stereocenters. The smallest absolute Gasteiger partial charge is 0.338 e. The zero-order valence-corrected chi connectivity index (χ0v) is 46.0. The summed E-state index contributed by atoms with van der Waals surface area (Å²) in [5, 5.41) is 3.76. The van der Waals surface area contributed by atoms with Crippen molar-refractivity contribution in [1.29, 1.82) is 0 Å². The number of nitrogens with zero attached hydrogens (tertiary/aromatic N) is 1. The minimum absolute atomic E-state index is 0.196. The molecule has 76 heavy (non-hydrogen) atoms. The standard InChI is InChI=1S/C30H30BrNO7.C29H27BrO7/c1-19-5-11-22(12-6-19)28(33)37-18-25(31)27(39-30(35)24-15-9-21(3)10-16-24)26(17-32-36-4)38-29(34)23-13-7-20(2)8-14-23;1-18-4-10-21(11-5-18)27(32)35-17-24(30)26(37-29(34)23-14-8-20(3)9-15-23)25(16-31)36-28(33)22-12-6-19(2)7-13-22/h5-17,25-27H,18H2,1-4H3;4-16,24-26H,17H2,1-3H3/b32-17+;/t25-,26-,27+;24-,25-,26+/m11/s1. The Morgan fingerprint density at radius 2 is 0.632 bits per heavy atom. The van der Waals surface area contributed by atoms with Crippen molar-refractivity contribution < 1.29 is 66.8 Å². The molecule has 0 amide bonds. The van der Waals surface area contributed by atoms with Crippen molar-refractivity contribution in [3.8, 4) is 0 Å². The summed E-state index contributed by atoms with van der Waals surface area (Å²) >= 11 is 6.83. The first-order valence-electron chi connectivity index (χ1n) is 23.7. The lowest BCUT2D eigenvalue weighted by Gasteiger charge is -2.28. The predicted octanol–water partition coefficient (Wildman–Crippen LogP) is 10.8. The number of benzene rings is 6. The van der Waals surface area contributed by atoms with E-state index < -0.39 is 69.9 Å². The summed E-state index contributed by atoms with van der Waals surface area (Å²) in [6, 6.07) is 40.7. The van der Waals surface area contributed by atoms with Crippen LogP contribution in [0, 0.1) is 41.5 Å². The molecule has 0 N–H and O–H groups in total. The van der Waals surface area contributed by atoms with Crippen LogP contribution in [0.4, 0.5) is 0 Å². The monoisotopic (exact) mass is 1160 g/mol. The Balaban J connectivity index is 0.000000281. The molecular weight excluding hydrogens is 1110 g/mol. The number of hydrogen-bond donors (Lipinski definition) is 0. The Bertz CT molecular complexity index is 2930. The summed E-state index contributed by atoms with van der Waals surface area (Å²) < 4.78 is 33.4. The summed E-state index contributed by atoms with van der Waals surface area (Å²) in [4.78, 5) is 91.9. The number of carbonyl (C=O) groups excluding carboxylic acids is 7. The van der Waals surface area contributed by atoms with E-state index in [1.165, 1.54) is 13.3 Å². The van der Waals surface area contributed by atoms with Gasteiger partial charge in [0.25, 0.3) is 0 Å². The zero-order chi connectivity index (χ0) is 55.3. The molecular formula is C59H57Br2NO14. The summed E-state index contributed by atoms with van der Waals surface area (Å²) in [5.41, 5.74) is 7.65. The summed E-state index contributed by atoms with van der Waals surface area (Å²) in [5.74, 6) is -3.94. The molecule has 0 bridgehead atoms. The molecule has 0 fully saturated rings. The highest BCUT2D eigenvalue weighted by molar-refractivity contribution is 9.09. The predicted molar refractivity (Wildman–Crippen MR) is 291 cm³/mol. The highest BCUT2D eigenvalue weighted by atomic mass is 79.9. The van der Waals surface area contributed by atoms with E-state index in [4.69, 9.17) is 33.3 Å². The number of esters is 6. The number of carbonyl (C=O) groups is 7. The average Bonchev–Trinajstić information content (AvgIpc) is 3.41. The quantitative estimate of drug-likeness (QED) is 0.0165. The van der Waals surface area contributed by atoms with Crippen LogP contribution in [0.1, 0.15) is 95.5 Å². The molecule has 6 rings (SSSR count). The molecule has 17 heteroatoms. The van der Waals surface area contributed by atoms with Crippen LogP contribution >= 0.6 is 31.9 Å². The van der Waals surface area contributed by atoms with Gasteiger partial charge in [0, 0.05) is 0 Å². The third-order valence-electron chi connectivity index (χ3n) is 11.3. The maximum Gasteiger partial charge on any atom is 0.338 e. The molecule has 0 radical (unpaired) electrons. The lowest BCUT2D eigenvalue weighted by atomic mass is 10.1. The normalized spacial score (nSPS) is 13.2.